The van der Waals surface area contributed by atoms with Crippen molar-refractivity contribution < 1.29 is 9.53 Å². The maximum absolute atomic E-state index is 12.5. The molecule has 24 heavy (non-hydrogen) atoms. The molecule has 0 unspecified atom stereocenters. The molecule has 3 heterocycles. The van der Waals surface area contributed by atoms with E-state index in [9.17, 15) is 4.79 Å². The Morgan fingerprint density at radius 3 is 2.71 bits per heavy atom. The van der Waals surface area contributed by atoms with E-state index in [0.717, 1.165) is 24.3 Å². The minimum Gasteiger partial charge on any atom is -0.374 e. The lowest BCUT2D eigenvalue weighted by Crippen LogP contribution is -2.30. The van der Waals surface area contributed by atoms with Crippen LogP contribution in [-0.4, -0.2) is 28.3 Å². The molecule has 6 heteroatoms. The third-order valence-corrected chi connectivity index (χ3v) is 6.29. The van der Waals surface area contributed by atoms with Crippen molar-refractivity contribution >= 4 is 22.4 Å². The second-order valence-corrected chi connectivity index (χ2v) is 8.09. The second kappa shape index (κ2) is 5.93. The molecule has 2 aliphatic rings. The van der Waals surface area contributed by atoms with Gasteiger partial charge in [0.2, 0.25) is 11.0 Å². The molecule has 2 saturated heterocycles. The highest BCUT2D eigenvalue weighted by atomic mass is 32.1. The predicted octanol–water partition coefficient (Wildman–Crippen LogP) is 3.37. The molecule has 0 spiro atoms. The molecule has 1 amide bonds. The highest BCUT2D eigenvalue weighted by molar-refractivity contribution is 7.15. The number of benzene rings is 1. The maximum Gasteiger partial charge on any atom is 0.232 e. The molecule has 0 saturated carbocycles. The Labute approximate surface area is 145 Å². The topological polar surface area (TPSA) is 64.1 Å². The number of ether oxygens (including phenoxy) is 1. The van der Waals surface area contributed by atoms with E-state index in [4.69, 9.17) is 4.74 Å². The number of nitrogens with zero attached hydrogens (tertiary/aromatic N) is 2. The molecule has 5 nitrogen and oxygen atoms in total. The molecule has 1 aromatic heterocycles. The molecule has 4 rings (SSSR count). The van der Waals surface area contributed by atoms with Crippen LogP contribution in [0.25, 0.3) is 0 Å². The van der Waals surface area contributed by atoms with Crippen LogP contribution in [0.5, 0.6) is 0 Å². The number of hydrogen-bond acceptors (Lipinski definition) is 5. The number of amides is 1. The minimum absolute atomic E-state index is 0.0161. The molecular formula is C18H21N3O2S. The Balaban J connectivity index is 1.48. The Hall–Kier alpha value is -1.79. The third-order valence-electron chi connectivity index (χ3n) is 5.13. The number of carbonyl (C=O) groups excluding carboxylic acids is 1. The first-order chi connectivity index (χ1) is 11.5. The van der Waals surface area contributed by atoms with Crippen LogP contribution in [0.1, 0.15) is 43.7 Å². The zero-order valence-electron chi connectivity index (χ0n) is 13.9. The van der Waals surface area contributed by atoms with Gasteiger partial charge in [-0.2, -0.15) is 0 Å². The van der Waals surface area contributed by atoms with Crippen molar-refractivity contribution in [2.75, 3.05) is 5.32 Å². The Kier molecular flexibility index (Phi) is 3.89. The van der Waals surface area contributed by atoms with Gasteiger partial charge < -0.3 is 10.1 Å². The van der Waals surface area contributed by atoms with Gasteiger partial charge in [-0.25, -0.2) is 0 Å². The van der Waals surface area contributed by atoms with Crippen LogP contribution < -0.4 is 5.32 Å². The summed E-state index contributed by atoms with van der Waals surface area (Å²) in [6.07, 6.45) is 3.27. The number of nitrogens with one attached hydrogen (secondary N) is 1. The van der Waals surface area contributed by atoms with E-state index in [1.165, 1.54) is 16.9 Å². The van der Waals surface area contributed by atoms with Crippen LogP contribution in [-0.2, 0) is 14.9 Å². The summed E-state index contributed by atoms with van der Waals surface area (Å²) in [6.45, 7) is 4.25. The average Bonchev–Trinajstić information content (AvgIpc) is 3.32. The molecular weight excluding hydrogens is 322 g/mol. The first-order valence-electron chi connectivity index (χ1n) is 8.40. The molecule has 0 aliphatic carbocycles. The SMILES string of the molecule is CC(C)(c1ccccc1)c1nnc(NC(=O)[C@@H]2C[C@H]3CC[C@@H]2O3)s1. The molecule has 2 aromatic rings. The Morgan fingerprint density at radius 1 is 1.25 bits per heavy atom. The van der Waals surface area contributed by atoms with Crippen molar-refractivity contribution in [1.82, 2.24) is 10.2 Å². The van der Waals surface area contributed by atoms with Gasteiger partial charge in [0, 0.05) is 5.41 Å². The minimum atomic E-state index is -0.239. The highest BCUT2D eigenvalue weighted by Crippen LogP contribution is 2.40. The number of rotatable bonds is 4. The standard InChI is InChI=1S/C18H21N3O2S/c1-18(2,11-6-4-3-5-7-11)16-20-21-17(24-16)19-15(22)13-10-12-8-9-14(13)23-12/h3-7,12-14H,8-10H2,1-2H3,(H,19,21,22)/t12-,13-,14+/m1/s1. The lowest BCUT2D eigenvalue weighted by atomic mass is 9.85. The summed E-state index contributed by atoms with van der Waals surface area (Å²) in [5, 5.41) is 12.9. The average molecular weight is 343 g/mol. The highest BCUT2D eigenvalue weighted by Gasteiger charge is 2.44. The lowest BCUT2D eigenvalue weighted by Gasteiger charge is -2.21. The van der Waals surface area contributed by atoms with Crippen LogP contribution >= 0.6 is 11.3 Å². The van der Waals surface area contributed by atoms with E-state index in [-0.39, 0.29) is 29.4 Å². The maximum atomic E-state index is 12.5. The van der Waals surface area contributed by atoms with Crippen LogP contribution in [0.2, 0.25) is 0 Å². The summed E-state index contributed by atoms with van der Waals surface area (Å²) >= 11 is 1.45. The molecule has 2 fully saturated rings. The number of fused-ring (bicyclic) bond motifs is 2. The summed E-state index contributed by atoms with van der Waals surface area (Å²) in [4.78, 5) is 12.5. The molecule has 126 valence electrons. The van der Waals surface area contributed by atoms with Gasteiger partial charge in [0.15, 0.2) is 0 Å². The number of aromatic nitrogens is 2. The molecule has 2 aliphatic heterocycles. The van der Waals surface area contributed by atoms with E-state index in [2.05, 4.69) is 41.5 Å². The largest absolute Gasteiger partial charge is 0.374 e. The van der Waals surface area contributed by atoms with E-state index in [1.54, 1.807) is 0 Å². The van der Waals surface area contributed by atoms with Gasteiger partial charge in [-0.05, 0) is 38.7 Å². The summed E-state index contributed by atoms with van der Waals surface area (Å²) < 4.78 is 5.77. The zero-order valence-corrected chi connectivity index (χ0v) is 14.7. The molecule has 1 N–H and O–H groups in total. The summed E-state index contributed by atoms with van der Waals surface area (Å²) in [5.41, 5.74) is 0.942. The van der Waals surface area contributed by atoms with E-state index in [1.807, 2.05) is 18.2 Å². The monoisotopic (exact) mass is 343 g/mol. The van der Waals surface area contributed by atoms with E-state index >= 15 is 0 Å². The molecule has 1 aromatic carbocycles. The fourth-order valence-electron chi connectivity index (χ4n) is 3.62. The normalized spacial score (nSPS) is 25.8. The van der Waals surface area contributed by atoms with Gasteiger partial charge in [-0.1, -0.05) is 41.7 Å². The van der Waals surface area contributed by atoms with Crippen molar-refractivity contribution in [3.05, 3.63) is 40.9 Å². The van der Waals surface area contributed by atoms with Crippen LogP contribution in [0.15, 0.2) is 30.3 Å². The summed E-state index contributed by atoms with van der Waals surface area (Å²) in [5.74, 6) is -0.0272. The Morgan fingerprint density at radius 2 is 2.04 bits per heavy atom. The first kappa shape index (κ1) is 15.7. The molecule has 0 radical (unpaired) electrons. The third kappa shape index (κ3) is 2.74. The van der Waals surface area contributed by atoms with Crippen LogP contribution in [0, 0.1) is 5.92 Å². The Bertz CT molecular complexity index is 744. The fourth-order valence-corrected chi connectivity index (χ4v) is 4.49. The van der Waals surface area contributed by atoms with Crippen LogP contribution in [0.3, 0.4) is 0 Å². The van der Waals surface area contributed by atoms with Gasteiger partial charge in [0.05, 0.1) is 18.1 Å². The van der Waals surface area contributed by atoms with Crippen molar-refractivity contribution in [1.29, 1.82) is 0 Å². The van der Waals surface area contributed by atoms with Gasteiger partial charge >= 0.3 is 0 Å². The van der Waals surface area contributed by atoms with Crippen molar-refractivity contribution in [2.24, 2.45) is 5.92 Å². The van der Waals surface area contributed by atoms with Gasteiger partial charge in [0.1, 0.15) is 5.01 Å². The fraction of sp³-hybridized carbons (Fsp3) is 0.500. The number of carbonyl (C=O) groups is 1. The molecule has 3 atom stereocenters. The van der Waals surface area contributed by atoms with Crippen molar-refractivity contribution in [3.63, 3.8) is 0 Å². The van der Waals surface area contributed by atoms with Gasteiger partial charge in [-0.3, -0.25) is 4.79 Å². The van der Waals surface area contributed by atoms with Gasteiger partial charge in [-0.15, -0.1) is 10.2 Å². The number of hydrogen-bond donors (Lipinski definition) is 1. The summed E-state index contributed by atoms with van der Waals surface area (Å²) in [6, 6.07) is 10.2. The molecule has 2 bridgehead atoms. The lowest BCUT2D eigenvalue weighted by molar-refractivity contribution is -0.121. The first-order valence-corrected chi connectivity index (χ1v) is 9.21. The van der Waals surface area contributed by atoms with E-state index in [0.29, 0.717) is 5.13 Å². The number of anilines is 1. The van der Waals surface area contributed by atoms with Gasteiger partial charge in [0.25, 0.3) is 0 Å². The van der Waals surface area contributed by atoms with Crippen molar-refractivity contribution in [2.45, 2.75) is 50.7 Å². The summed E-state index contributed by atoms with van der Waals surface area (Å²) in [7, 11) is 0. The van der Waals surface area contributed by atoms with Crippen LogP contribution in [0.4, 0.5) is 5.13 Å². The van der Waals surface area contributed by atoms with Crippen molar-refractivity contribution in [3.8, 4) is 0 Å². The quantitative estimate of drug-likeness (QED) is 0.924. The predicted molar refractivity (Wildman–Crippen MR) is 93.1 cm³/mol. The smallest absolute Gasteiger partial charge is 0.232 e. The van der Waals surface area contributed by atoms with E-state index < -0.39 is 0 Å². The second-order valence-electron chi connectivity index (χ2n) is 7.11. The zero-order chi connectivity index (χ0) is 16.7.